The van der Waals surface area contributed by atoms with Gasteiger partial charge in [0.1, 0.15) is 5.75 Å². The highest BCUT2D eigenvalue weighted by molar-refractivity contribution is 5.99. The first-order valence-corrected chi connectivity index (χ1v) is 11.4. The fraction of sp³-hybridized carbons (Fsp3) is 0.667. The summed E-state index contributed by atoms with van der Waals surface area (Å²) in [6.45, 7) is 2.08. The quantitative estimate of drug-likeness (QED) is 0.677. The highest BCUT2D eigenvalue weighted by Gasteiger charge is 2.82. The number of fused-ring (bicyclic) bond motifs is 3. The fourth-order valence-electron chi connectivity index (χ4n) is 8.80. The summed E-state index contributed by atoms with van der Waals surface area (Å²) >= 11 is 0. The van der Waals surface area contributed by atoms with Gasteiger partial charge in [-0.3, -0.25) is 14.6 Å². The summed E-state index contributed by atoms with van der Waals surface area (Å²) in [7, 11) is 4.53. The third kappa shape index (κ3) is 1.92. The zero-order valence-electron chi connectivity index (χ0n) is 18.5. The molecule has 31 heavy (non-hydrogen) atoms. The first-order chi connectivity index (χ1) is 15.0. The van der Waals surface area contributed by atoms with Crippen molar-refractivity contribution in [3.8, 4) is 5.75 Å². The molecule has 7 nitrogen and oxygen atoms in total. The summed E-state index contributed by atoms with van der Waals surface area (Å²) in [5, 5.41) is 0. The number of carbonyl (C=O) groups excluding carboxylic acids is 2. The molecule has 7 rings (SSSR count). The molecule has 7 heteroatoms. The molecule has 3 spiro atoms. The van der Waals surface area contributed by atoms with E-state index in [4.69, 9.17) is 14.2 Å². The summed E-state index contributed by atoms with van der Waals surface area (Å²) in [4.78, 5) is 31.3. The van der Waals surface area contributed by atoms with Crippen LogP contribution in [0.1, 0.15) is 44.1 Å². The smallest absolute Gasteiger partial charge is 0.414 e. The Morgan fingerprint density at radius 2 is 1.87 bits per heavy atom. The summed E-state index contributed by atoms with van der Waals surface area (Å²) in [5.74, 6) is 0.0785. The van der Waals surface area contributed by atoms with Crippen molar-refractivity contribution in [2.24, 2.45) is 11.3 Å². The minimum absolute atomic E-state index is 0.0852. The SMILES string of the molecule is COC(=O)[C@@H]1C[C@@]23CCCN4CC[C@@]5(c6cccc(OC)c6N(C(=O)OC)[C@@]15CC2)[C@@H]43. The fourth-order valence-corrected chi connectivity index (χ4v) is 8.80. The van der Waals surface area contributed by atoms with Crippen molar-refractivity contribution in [3.05, 3.63) is 23.8 Å². The highest BCUT2D eigenvalue weighted by atomic mass is 16.5. The third-order valence-corrected chi connectivity index (χ3v) is 9.45. The van der Waals surface area contributed by atoms with E-state index in [0.29, 0.717) is 11.8 Å². The molecule has 0 unspecified atom stereocenters. The second-order valence-corrected chi connectivity index (χ2v) is 9.99. The first-order valence-electron chi connectivity index (χ1n) is 11.4. The molecular formula is C24H30N2O5. The van der Waals surface area contributed by atoms with Crippen molar-refractivity contribution < 1.29 is 23.8 Å². The van der Waals surface area contributed by atoms with E-state index in [1.807, 2.05) is 17.0 Å². The lowest BCUT2D eigenvalue weighted by molar-refractivity contribution is -0.174. The Morgan fingerprint density at radius 1 is 1.03 bits per heavy atom. The first kappa shape index (κ1) is 19.4. The second-order valence-electron chi connectivity index (χ2n) is 9.99. The number of hydrogen-bond acceptors (Lipinski definition) is 6. The number of carbonyl (C=O) groups is 2. The Kier molecular flexibility index (Phi) is 3.85. The molecule has 3 aliphatic carbocycles. The van der Waals surface area contributed by atoms with Crippen molar-refractivity contribution in [1.29, 1.82) is 0 Å². The molecule has 1 aromatic rings. The lowest BCUT2D eigenvalue weighted by atomic mass is 9.38. The second kappa shape index (κ2) is 6.15. The minimum atomic E-state index is -0.692. The van der Waals surface area contributed by atoms with Crippen molar-refractivity contribution in [1.82, 2.24) is 4.90 Å². The number of methoxy groups -OCH3 is 3. The van der Waals surface area contributed by atoms with Crippen LogP contribution < -0.4 is 9.64 Å². The van der Waals surface area contributed by atoms with Gasteiger partial charge in [0.25, 0.3) is 0 Å². The van der Waals surface area contributed by atoms with Gasteiger partial charge in [-0.25, -0.2) is 4.79 Å². The van der Waals surface area contributed by atoms with Crippen LogP contribution in [0.3, 0.4) is 0 Å². The average Bonchev–Trinajstić information content (AvgIpc) is 3.34. The number of nitrogens with zero attached hydrogens (tertiary/aromatic N) is 2. The molecule has 2 bridgehead atoms. The largest absolute Gasteiger partial charge is 0.495 e. The van der Waals surface area contributed by atoms with Gasteiger partial charge in [-0.1, -0.05) is 12.1 Å². The van der Waals surface area contributed by atoms with Gasteiger partial charge >= 0.3 is 12.1 Å². The lowest BCUT2D eigenvalue weighted by Crippen LogP contribution is -2.79. The molecule has 0 aromatic heterocycles. The van der Waals surface area contributed by atoms with E-state index in [0.717, 1.165) is 56.4 Å². The number of anilines is 1. The molecule has 6 aliphatic rings. The molecule has 166 valence electrons. The Labute approximate surface area is 182 Å². The molecule has 5 fully saturated rings. The van der Waals surface area contributed by atoms with Crippen LogP contribution >= 0.6 is 0 Å². The van der Waals surface area contributed by atoms with Crippen LogP contribution in [0.5, 0.6) is 5.75 Å². The van der Waals surface area contributed by atoms with E-state index < -0.39 is 11.6 Å². The van der Waals surface area contributed by atoms with Gasteiger partial charge in [0.2, 0.25) is 0 Å². The normalized spacial score (nSPS) is 39.5. The summed E-state index contributed by atoms with van der Waals surface area (Å²) < 4.78 is 16.5. The topological polar surface area (TPSA) is 68.3 Å². The standard InChI is InChI=1S/C24H30N2O5/c1-29-17-7-4-6-15-18(17)26(21(28)31-3)24-10-9-22(14-16(24)19(27)30-2)8-5-12-25-13-11-23(15,24)20(22)25/h4,6-7,16,20H,5,8-14H2,1-3H3/t16-,20-,22+,23+,24-/m0/s1. The number of benzene rings is 1. The van der Waals surface area contributed by atoms with Crippen molar-refractivity contribution >= 4 is 17.7 Å². The van der Waals surface area contributed by atoms with Gasteiger partial charge in [-0.05, 0) is 68.7 Å². The Hall–Kier alpha value is -2.28. The molecule has 3 heterocycles. The molecule has 0 radical (unpaired) electrons. The van der Waals surface area contributed by atoms with E-state index in [2.05, 4.69) is 11.0 Å². The van der Waals surface area contributed by atoms with Crippen LogP contribution in [-0.2, 0) is 19.7 Å². The monoisotopic (exact) mass is 426 g/mol. The maximum atomic E-state index is 13.5. The van der Waals surface area contributed by atoms with Crippen LogP contribution in [0, 0.1) is 11.3 Å². The van der Waals surface area contributed by atoms with E-state index >= 15 is 0 Å². The van der Waals surface area contributed by atoms with E-state index in [1.54, 1.807) is 7.11 Å². The van der Waals surface area contributed by atoms with Crippen LogP contribution in [-0.4, -0.2) is 63.0 Å². The zero-order valence-corrected chi connectivity index (χ0v) is 18.5. The number of piperidine rings is 1. The highest BCUT2D eigenvalue weighted by Crippen LogP contribution is 2.76. The Bertz CT molecular complexity index is 981. The lowest BCUT2D eigenvalue weighted by Gasteiger charge is -2.69. The third-order valence-electron chi connectivity index (χ3n) is 9.45. The van der Waals surface area contributed by atoms with Gasteiger partial charge in [0.15, 0.2) is 0 Å². The van der Waals surface area contributed by atoms with Gasteiger partial charge < -0.3 is 14.2 Å². The van der Waals surface area contributed by atoms with Gasteiger partial charge in [-0.2, -0.15) is 0 Å². The maximum Gasteiger partial charge on any atom is 0.414 e. The number of rotatable bonds is 2. The maximum absolute atomic E-state index is 13.5. The van der Waals surface area contributed by atoms with Crippen molar-refractivity contribution in [3.63, 3.8) is 0 Å². The summed E-state index contributed by atoms with van der Waals surface area (Å²) in [6.07, 6.45) is 5.39. The van der Waals surface area contributed by atoms with Crippen LogP contribution in [0.25, 0.3) is 0 Å². The Balaban J connectivity index is 1.71. The molecular weight excluding hydrogens is 396 g/mol. The Morgan fingerprint density at radius 3 is 2.61 bits per heavy atom. The minimum Gasteiger partial charge on any atom is -0.495 e. The van der Waals surface area contributed by atoms with E-state index in [-0.39, 0.29) is 22.7 Å². The number of esters is 1. The van der Waals surface area contributed by atoms with Crippen LogP contribution in [0.4, 0.5) is 10.5 Å². The van der Waals surface area contributed by atoms with E-state index in [9.17, 15) is 9.59 Å². The van der Waals surface area contributed by atoms with Gasteiger partial charge in [-0.15, -0.1) is 0 Å². The van der Waals surface area contributed by atoms with Gasteiger partial charge in [0, 0.05) is 11.5 Å². The molecule has 0 N–H and O–H groups in total. The zero-order chi connectivity index (χ0) is 21.6. The van der Waals surface area contributed by atoms with Crippen molar-refractivity contribution in [2.75, 3.05) is 39.3 Å². The molecule has 3 saturated carbocycles. The predicted octanol–water partition coefficient (Wildman–Crippen LogP) is 3.10. The van der Waals surface area contributed by atoms with Crippen molar-refractivity contribution in [2.45, 2.75) is 55.5 Å². The van der Waals surface area contributed by atoms with Crippen LogP contribution in [0.2, 0.25) is 0 Å². The average molecular weight is 427 g/mol. The molecule has 5 atom stereocenters. The molecule has 1 amide bonds. The summed E-state index contributed by atoms with van der Waals surface area (Å²) in [5.41, 5.74) is 1.01. The summed E-state index contributed by atoms with van der Waals surface area (Å²) in [6, 6.07) is 6.41. The van der Waals surface area contributed by atoms with Gasteiger partial charge in [0.05, 0.1) is 38.5 Å². The molecule has 1 aromatic carbocycles. The van der Waals surface area contributed by atoms with E-state index in [1.165, 1.54) is 20.6 Å². The molecule has 3 aliphatic heterocycles. The molecule has 2 saturated heterocycles. The van der Waals surface area contributed by atoms with Crippen LogP contribution in [0.15, 0.2) is 18.2 Å². The number of hydrogen-bond donors (Lipinski definition) is 0. The number of ether oxygens (including phenoxy) is 3. The predicted molar refractivity (Wildman–Crippen MR) is 113 cm³/mol. The number of para-hydroxylation sites is 1. The number of amides is 1.